The minimum absolute atomic E-state index is 0.235. The molecule has 0 aromatic rings. The van der Waals surface area contributed by atoms with E-state index in [9.17, 15) is 15.0 Å². The van der Waals surface area contributed by atoms with Gasteiger partial charge in [0.1, 0.15) is 0 Å². The van der Waals surface area contributed by atoms with E-state index in [1.807, 2.05) is 0 Å². The van der Waals surface area contributed by atoms with Crippen molar-refractivity contribution in [1.82, 2.24) is 0 Å². The van der Waals surface area contributed by atoms with Crippen LogP contribution in [0.2, 0.25) is 0 Å². The summed E-state index contributed by atoms with van der Waals surface area (Å²) in [5.74, 6) is 3.56. The smallest absolute Gasteiger partial charge is 0.335 e. The van der Waals surface area contributed by atoms with Crippen molar-refractivity contribution in [2.45, 2.75) is 104 Å². The van der Waals surface area contributed by atoms with Gasteiger partial charge in [-0.2, -0.15) is 0 Å². The molecule has 4 unspecified atom stereocenters. The van der Waals surface area contributed by atoms with Crippen LogP contribution in [0.15, 0.2) is 0 Å². The predicted octanol–water partition coefficient (Wildman–Crippen LogP) is 5.90. The lowest BCUT2D eigenvalue weighted by molar-refractivity contribution is -0.182. The van der Waals surface area contributed by atoms with Gasteiger partial charge in [0.2, 0.25) is 0 Å². The lowest BCUT2D eigenvalue weighted by atomic mass is 9.43. The van der Waals surface area contributed by atoms with Crippen LogP contribution in [0.1, 0.15) is 98.3 Å². The summed E-state index contributed by atoms with van der Waals surface area (Å²) in [5, 5.41) is 20.2. The summed E-state index contributed by atoms with van der Waals surface area (Å²) in [5.41, 5.74) is -0.720. The van der Waals surface area contributed by atoms with Crippen LogP contribution in [0.25, 0.3) is 0 Å². The van der Waals surface area contributed by atoms with Crippen molar-refractivity contribution in [2.24, 2.45) is 46.3 Å². The average Bonchev–Trinajstić information content (AvgIpc) is 3.00. The van der Waals surface area contributed by atoms with E-state index in [4.69, 9.17) is 0 Å². The van der Waals surface area contributed by atoms with Crippen LogP contribution in [0.5, 0.6) is 0 Å². The number of carboxylic acid groups (broad SMARTS) is 1. The molecule has 3 nitrogen and oxygen atoms in total. The fourth-order valence-corrected chi connectivity index (χ4v) is 9.07. The van der Waals surface area contributed by atoms with E-state index in [1.165, 1.54) is 44.9 Å². The van der Waals surface area contributed by atoms with Crippen LogP contribution in [-0.4, -0.2) is 21.8 Å². The molecule has 4 aliphatic carbocycles. The van der Waals surface area contributed by atoms with E-state index in [2.05, 4.69) is 27.7 Å². The lowest BCUT2D eigenvalue weighted by Crippen LogP contribution is -2.57. The third-order valence-electron chi connectivity index (χ3n) is 10.6. The fraction of sp³-hybridized carbons (Fsp3) is 0.960. The second-order valence-electron chi connectivity index (χ2n) is 11.7. The topological polar surface area (TPSA) is 57.5 Å². The number of hydrogen-bond donors (Lipinski definition) is 2. The minimum atomic E-state index is -1.48. The SMILES string of the molecule is CCC[C@@H](C)[C@H]1CCC2C3CCC4C[C@@](O)(C(=O)O)CC[C@]4(C)C3CC[C@@]21C. The standard InChI is InChI=1S/C25H42O3/c1-5-6-16(2)19-9-10-20-18-8-7-17-15-25(28,22(26)27)14-13-23(17,3)21(18)11-12-24(19,20)4/h16-21,28H,5-15H2,1-4H3,(H,26,27)/t16-,17?,18?,19-,20?,21?,23+,24-,25-/m1/s1. The van der Waals surface area contributed by atoms with Crippen molar-refractivity contribution in [1.29, 1.82) is 0 Å². The van der Waals surface area contributed by atoms with Gasteiger partial charge in [0.15, 0.2) is 5.60 Å². The Kier molecular flexibility index (Phi) is 5.17. The van der Waals surface area contributed by atoms with E-state index in [1.54, 1.807) is 0 Å². The lowest BCUT2D eigenvalue weighted by Gasteiger charge is -2.62. The predicted molar refractivity (Wildman–Crippen MR) is 112 cm³/mol. The molecule has 3 heteroatoms. The van der Waals surface area contributed by atoms with Gasteiger partial charge in [0.25, 0.3) is 0 Å². The van der Waals surface area contributed by atoms with Gasteiger partial charge < -0.3 is 10.2 Å². The summed E-state index contributed by atoms with van der Waals surface area (Å²) in [6.07, 6.45) is 12.4. The first-order valence-corrected chi connectivity index (χ1v) is 12.1. The summed E-state index contributed by atoms with van der Waals surface area (Å²) in [4.78, 5) is 11.6. The molecule has 0 saturated heterocycles. The van der Waals surface area contributed by atoms with Gasteiger partial charge in [0.05, 0.1) is 0 Å². The Balaban J connectivity index is 1.55. The highest BCUT2D eigenvalue weighted by atomic mass is 16.4. The zero-order valence-corrected chi connectivity index (χ0v) is 18.5. The second-order valence-corrected chi connectivity index (χ2v) is 11.7. The van der Waals surface area contributed by atoms with Gasteiger partial charge in [-0.05, 0) is 104 Å². The van der Waals surface area contributed by atoms with Crippen molar-refractivity contribution in [3.8, 4) is 0 Å². The van der Waals surface area contributed by atoms with E-state index < -0.39 is 11.6 Å². The first-order chi connectivity index (χ1) is 13.2. The number of carboxylic acids is 1. The molecule has 0 aromatic heterocycles. The number of aliphatic carboxylic acids is 1. The first-order valence-electron chi connectivity index (χ1n) is 12.1. The van der Waals surface area contributed by atoms with Crippen molar-refractivity contribution >= 4 is 5.97 Å². The molecule has 28 heavy (non-hydrogen) atoms. The largest absolute Gasteiger partial charge is 0.479 e. The van der Waals surface area contributed by atoms with E-state index in [-0.39, 0.29) is 5.41 Å². The third kappa shape index (κ3) is 2.89. The third-order valence-corrected chi connectivity index (χ3v) is 10.6. The summed E-state index contributed by atoms with van der Waals surface area (Å²) in [6.45, 7) is 9.90. The zero-order chi connectivity index (χ0) is 20.3. The molecule has 4 aliphatic rings. The number of carbonyl (C=O) groups is 1. The fourth-order valence-electron chi connectivity index (χ4n) is 9.07. The van der Waals surface area contributed by atoms with E-state index in [0.717, 1.165) is 42.4 Å². The van der Waals surface area contributed by atoms with Crippen LogP contribution in [0.3, 0.4) is 0 Å². The number of hydrogen-bond acceptors (Lipinski definition) is 2. The molecule has 0 aromatic carbocycles. The number of rotatable bonds is 4. The summed E-state index contributed by atoms with van der Waals surface area (Å²) in [7, 11) is 0. The molecule has 0 radical (unpaired) electrons. The molecule has 4 fully saturated rings. The second kappa shape index (κ2) is 7.00. The molecule has 4 saturated carbocycles. The molecule has 0 bridgehead atoms. The highest BCUT2D eigenvalue weighted by molar-refractivity contribution is 5.77. The van der Waals surface area contributed by atoms with Gasteiger partial charge in [0, 0.05) is 0 Å². The molecule has 0 spiro atoms. The van der Waals surface area contributed by atoms with Crippen molar-refractivity contribution in [3.63, 3.8) is 0 Å². The van der Waals surface area contributed by atoms with Crippen molar-refractivity contribution in [3.05, 3.63) is 0 Å². The Morgan fingerprint density at radius 3 is 2.39 bits per heavy atom. The molecule has 0 amide bonds. The number of aliphatic hydroxyl groups is 1. The minimum Gasteiger partial charge on any atom is -0.479 e. The Morgan fingerprint density at radius 2 is 1.71 bits per heavy atom. The Morgan fingerprint density at radius 1 is 1.00 bits per heavy atom. The Bertz CT molecular complexity index is 617. The Labute approximate surface area is 171 Å². The van der Waals surface area contributed by atoms with Gasteiger partial charge in [-0.1, -0.05) is 40.5 Å². The normalized spacial score (nSPS) is 51.7. The van der Waals surface area contributed by atoms with Crippen molar-refractivity contribution < 1.29 is 15.0 Å². The Hall–Kier alpha value is -0.570. The van der Waals surface area contributed by atoms with Gasteiger partial charge in [-0.15, -0.1) is 0 Å². The van der Waals surface area contributed by atoms with Gasteiger partial charge >= 0.3 is 5.97 Å². The summed E-state index contributed by atoms with van der Waals surface area (Å²) < 4.78 is 0. The molecule has 160 valence electrons. The molecular weight excluding hydrogens is 348 g/mol. The van der Waals surface area contributed by atoms with Gasteiger partial charge in [-0.3, -0.25) is 0 Å². The summed E-state index contributed by atoms with van der Waals surface area (Å²) in [6, 6.07) is 0. The maximum atomic E-state index is 11.6. The molecule has 0 heterocycles. The van der Waals surface area contributed by atoms with E-state index in [0.29, 0.717) is 24.2 Å². The van der Waals surface area contributed by atoms with Gasteiger partial charge in [-0.25, -0.2) is 4.79 Å². The molecule has 0 aliphatic heterocycles. The van der Waals surface area contributed by atoms with Crippen LogP contribution >= 0.6 is 0 Å². The van der Waals surface area contributed by atoms with Crippen LogP contribution in [0, 0.1) is 46.3 Å². The number of fused-ring (bicyclic) bond motifs is 5. The van der Waals surface area contributed by atoms with Crippen LogP contribution in [-0.2, 0) is 4.79 Å². The maximum Gasteiger partial charge on any atom is 0.335 e. The molecule has 2 N–H and O–H groups in total. The highest BCUT2D eigenvalue weighted by Crippen LogP contribution is 2.68. The monoisotopic (exact) mass is 390 g/mol. The van der Waals surface area contributed by atoms with Crippen LogP contribution < -0.4 is 0 Å². The summed E-state index contributed by atoms with van der Waals surface area (Å²) >= 11 is 0. The average molecular weight is 391 g/mol. The zero-order valence-electron chi connectivity index (χ0n) is 18.5. The van der Waals surface area contributed by atoms with Crippen LogP contribution in [0.4, 0.5) is 0 Å². The molecule has 9 atom stereocenters. The maximum absolute atomic E-state index is 11.6. The van der Waals surface area contributed by atoms with E-state index >= 15 is 0 Å². The molecule has 4 rings (SSSR count). The first kappa shape index (κ1) is 20.7. The van der Waals surface area contributed by atoms with Crippen molar-refractivity contribution in [2.75, 3.05) is 0 Å². The quantitative estimate of drug-likeness (QED) is 0.628. The molecular formula is C25H42O3. The highest BCUT2D eigenvalue weighted by Gasteiger charge is 2.62.